The molecule has 15 heteroatoms. The van der Waals surface area contributed by atoms with Gasteiger partial charge in [0.15, 0.2) is 0 Å². The zero-order valence-electron chi connectivity index (χ0n) is 22.2. The summed E-state index contributed by atoms with van der Waals surface area (Å²) in [6.07, 6.45) is 8.17. The molecule has 3 aliphatic rings. The molecule has 0 amide bonds. The van der Waals surface area contributed by atoms with Crippen LogP contribution < -0.4 is 21.2 Å². The van der Waals surface area contributed by atoms with E-state index in [0.717, 1.165) is 69.9 Å². The molecule has 1 fully saturated rings. The maximum atomic E-state index is 12.6. The van der Waals surface area contributed by atoms with Crippen molar-refractivity contribution in [3.8, 4) is 5.75 Å². The molecule has 6 rings (SSSR count). The highest BCUT2D eigenvalue weighted by Gasteiger charge is 2.29. The number of aryl methyl sites for hydroxylation is 1. The fourth-order valence-electron chi connectivity index (χ4n) is 5.43. The first kappa shape index (κ1) is 31.3. The van der Waals surface area contributed by atoms with Crippen LogP contribution in [-0.2, 0) is 29.6 Å². The number of fused-ring (bicyclic) bond motifs is 1. The third-order valence-electron chi connectivity index (χ3n) is 7.15. The van der Waals surface area contributed by atoms with Gasteiger partial charge in [-0.15, -0.1) is 0 Å². The summed E-state index contributed by atoms with van der Waals surface area (Å²) in [6, 6.07) is 5.82. The molecule has 3 aliphatic heterocycles. The molecule has 0 aliphatic carbocycles. The molecule has 0 unspecified atom stereocenters. The average molecular weight is 581 g/mol. The smallest absolute Gasteiger partial charge is 0.270 e. The predicted octanol–water partition coefficient (Wildman–Crippen LogP) is -1.06. The van der Waals surface area contributed by atoms with Crippen molar-refractivity contribution in [1.82, 2.24) is 29.3 Å². The topological polar surface area (TPSA) is 212 Å². The largest absolute Gasteiger partial charge is 0.492 e. The lowest BCUT2D eigenvalue weighted by Gasteiger charge is -2.34. The maximum Gasteiger partial charge on any atom is 0.270 e. The Bertz CT molecular complexity index is 1540. The van der Waals surface area contributed by atoms with Gasteiger partial charge in [-0.3, -0.25) is 28.3 Å². The summed E-state index contributed by atoms with van der Waals surface area (Å²) in [6.45, 7) is 4.78. The van der Waals surface area contributed by atoms with Crippen LogP contribution in [0, 0.1) is 0 Å². The molecule has 3 aromatic rings. The Labute approximate surface area is 231 Å². The van der Waals surface area contributed by atoms with Crippen molar-refractivity contribution < 1.29 is 28.7 Å². The molecule has 3 aromatic heterocycles. The van der Waals surface area contributed by atoms with Gasteiger partial charge >= 0.3 is 0 Å². The highest BCUT2D eigenvalue weighted by Crippen LogP contribution is 2.25. The van der Waals surface area contributed by atoms with Crippen LogP contribution in [0.2, 0.25) is 0 Å². The molecule has 0 radical (unpaired) electrons. The van der Waals surface area contributed by atoms with Crippen LogP contribution in [0.3, 0.4) is 0 Å². The van der Waals surface area contributed by atoms with Gasteiger partial charge in [-0.1, -0.05) is 0 Å². The van der Waals surface area contributed by atoms with E-state index in [9.17, 15) is 18.0 Å². The second kappa shape index (κ2) is 13.0. The molecule has 14 nitrogen and oxygen atoms in total. The number of ether oxygens (including phenoxy) is 1. The normalized spacial score (nSPS) is 18.5. The summed E-state index contributed by atoms with van der Waals surface area (Å²) in [5.74, 6) is 0.931. The third kappa shape index (κ3) is 7.30. The van der Waals surface area contributed by atoms with Crippen LogP contribution in [0.15, 0.2) is 40.2 Å². The molecule has 220 valence electrons. The summed E-state index contributed by atoms with van der Waals surface area (Å²) in [5, 5.41) is 3.67. The van der Waals surface area contributed by atoms with Gasteiger partial charge in [-0.05, 0) is 56.5 Å². The Hall–Kier alpha value is -3.21. The van der Waals surface area contributed by atoms with E-state index in [1.54, 1.807) is 15.2 Å². The number of nitrogens with one attached hydrogen (secondary N) is 1. The number of aromatic nitrogens is 4. The molecule has 0 bridgehead atoms. The van der Waals surface area contributed by atoms with E-state index in [2.05, 4.69) is 26.3 Å². The highest BCUT2D eigenvalue weighted by atomic mass is 32.2. The minimum Gasteiger partial charge on any atom is -0.492 e. The SMILES string of the molecule is CS(=O)(=O)O.O.O.O=c1ccc2ncc(=O)n3c2n1C[C@H]3CN1CCC(NCc2cc3c(cn2)OCCC3)CC1. The first-order valence-electron chi connectivity index (χ1n) is 12.8. The lowest BCUT2D eigenvalue weighted by molar-refractivity contribution is 0.171. The molecule has 40 heavy (non-hydrogen) atoms. The van der Waals surface area contributed by atoms with Crippen molar-refractivity contribution in [2.24, 2.45) is 0 Å². The Kier molecular flexibility index (Phi) is 10.2. The Balaban J connectivity index is 0.000000582. The molecular formula is C25H36N6O8S. The van der Waals surface area contributed by atoms with Crippen molar-refractivity contribution >= 4 is 21.3 Å². The second-order valence-electron chi connectivity index (χ2n) is 10.0. The number of nitrogens with zero attached hydrogens (tertiary/aromatic N) is 5. The van der Waals surface area contributed by atoms with Crippen LogP contribution in [-0.4, -0.2) is 86.5 Å². The van der Waals surface area contributed by atoms with Crippen LogP contribution in [0.1, 0.15) is 36.6 Å². The maximum absolute atomic E-state index is 12.6. The van der Waals surface area contributed by atoms with Gasteiger partial charge in [0.05, 0.1) is 37.0 Å². The number of piperidine rings is 1. The van der Waals surface area contributed by atoms with E-state index in [-0.39, 0.29) is 28.1 Å². The van der Waals surface area contributed by atoms with E-state index in [1.165, 1.54) is 17.8 Å². The quantitative estimate of drug-likeness (QED) is 0.349. The van der Waals surface area contributed by atoms with Gasteiger partial charge in [0.1, 0.15) is 16.9 Å². The van der Waals surface area contributed by atoms with Crippen LogP contribution in [0.25, 0.3) is 11.2 Å². The van der Waals surface area contributed by atoms with E-state index in [4.69, 9.17) is 9.29 Å². The minimum absolute atomic E-state index is 0. The lowest BCUT2D eigenvalue weighted by Crippen LogP contribution is -2.44. The fraction of sp³-hybridized carbons (Fsp3) is 0.520. The molecule has 6 heterocycles. The molecule has 1 saturated heterocycles. The monoisotopic (exact) mass is 580 g/mol. The summed E-state index contributed by atoms with van der Waals surface area (Å²) in [7, 11) is -3.67. The van der Waals surface area contributed by atoms with Gasteiger partial charge in [0.2, 0.25) is 0 Å². The summed E-state index contributed by atoms with van der Waals surface area (Å²) in [5.41, 5.74) is 3.47. The van der Waals surface area contributed by atoms with Crippen molar-refractivity contribution in [3.05, 3.63) is 62.6 Å². The van der Waals surface area contributed by atoms with Gasteiger partial charge in [-0.25, -0.2) is 4.98 Å². The average Bonchev–Trinajstić information content (AvgIpc) is 3.27. The van der Waals surface area contributed by atoms with Gasteiger partial charge in [-0.2, -0.15) is 8.42 Å². The van der Waals surface area contributed by atoms with E-state index < -0.39 is 10.1 Å². The van der Waals surface area contributed by atoms with Crippen LogP contribution in [0.4, 0.5) is 0 Å². The Morgan fingerprint density at radius 3 is 2.55 bits per heavy atom. The van der Waals surface area contributed by atoms with Gasteiger partial charge in [0, 0.05) is 31.7 Å². The van der Waals surface area contributed by atoms with Gasteiger partial charge in [0.25, 0.3) is 21.2 Å². The van der Waals surface area contributed by atoms with Crippen molar-refractivity contribution in [2.75, 3.05) is 32.5 Å². The van der Waals surface area contributed by atoms with Crippen LogP contribution >= 0.6 is 0 Å². The lowest BCUT2D eigenvalue weighted by atomic mass is 10.0. The molecule has 0 saturated carbocycles. The van der Waals surface area contributed by atoms with Crippen molar-refractivity contribution in [3.63, 3.8) is 0 Å². The zero-order chi connectivity index (χ0) is 26.9. The van der Waals surface area contributed by atoms with Gasteiger partial charge < -0.3 is 25.9 Å². The molecule has 0 spiro atoms. The first-order chi connectivity index (χ1) is 18.2. The molecule has 1 atom stereocenters. The van der Waals surface area contributed by atoms with Crippen LogP contribution in [0.5, 0.6) is 5.75 Å². The van der Waals surface area contributed by atoms with Crippen molar-refractivity contribution in [2.45, 2.75) is 50.9 Å². The van der Waals surface area contributed by atoms with E-state index in [0.29, 0.717) is 30.0 Å². The first-order valence-corrected chi connectivity index (χ1v) is 14.6. The standard InChI is InChI=1S/C24H28N6O3.CH4O3S.2H2O/c31-22-4-3-20-24-29(22)15-19(30(24)23(32)13-27-20)14-28-7-5-17(6-8-28)25-11-18-10-16-2-1-9-33-21(16)12-26-18;1-5(2,3)4;;/h3-4,10,12-13,17,19,25H,1-2,5-9,11,14-15H2;1H3,(H,2,3,4);2*1H2/t19-;;;/m1.../s1. The third-order valence-corrected chi connectivity index (χ3v) is 7.15. The Morgan fingerprint density at radius 1 is 1.10 bits per heavy atom. The van der Waals surface area contributed by atoms with E-state index >= 15 is 0 Å². The molecular weight excluding hydrogens is 544 g/mol. The molecule has 0 aromatic carbocycles. The van der Waals surface area contributed by atoms with Crippen molar-refractivity contribution in [1.29, 1.82) is 0 Å². The number of pyridine rings is 2. The Morgan fingerprint density at radius 2 is 1.82 bits per heavy atom. The number of hydrogen-bond donors (Lipinski definition) is 2. The zero-order valence-corrected chi connectivity index (χ0v) is 23.1. The highest BCUT2D eigenvalue weighted by molar-refractivity contribution is 7.85. The molecule has 6 N–H and O–H groups in total. The summed E-state index contributed by atoms with van der Waals surface area (Å²) >= 11 is 0. The summed E-state index contributed by atoms with van der Waals surface area (Å²) in [4.78, 5) is 36.1. The van der Waals surface area contributed by atoms with E-state index in [1.807, 2.05) is 6.20 Å². The fourth-order valence-corrected chi connectivity index (χ4v) is 5.43. The number of hydrogen-bond acceptors (Lipinski definition) is 9. The predicted molar refractivity (Wildman–Crippen MR) is 148 cm³/mol. The summed E-state index contributed by atoms with van der Waals surface area (Å²) < 4.78 is 35.0. The minimum atomic E-state index is -3.67. The second-order valence-corrected chi connectivity index (χ2v) is 11.5. The number of rotatable bonds is 5. The number of likely N-dealkylation sites (tertiary alicyclic amines) is 1.